The lowest BCUT2D eigenvalue weighted by atomic mass is 9.70. The van der Waals surface area contributed by atoms with Crippen LogP contribution in [0.1, 0.15) is 10.4 Å². The van der Waals surface area contributed by atoms with Crippen molar-refractivity contribution in [1.82, 2.24) is 0 Å². The number of carbonyl (C=O) groups excluding carboxylic acids is 1. The summed E-state index contributed by atoms with van der Waals surface area (Å²) in [5.41, 5.74) is 1.12. The largest absolute Gasteiger partial charge is 0.489 e. The van der Waals surface area contributed by atoms with Crippen LogP contribution < -0.4 is 5.46 Å². The fourth-order valence-corrected chi connectivity index (χ4v) is 0.813. The predicted molar refractivity (Wildman–Crippen MR) is 45.2 cm³/mol. The highest BCUT2D eigenvalue weighted by Gasteiger charge is 2.02. The van der Waals surface area contributed by atoms with Crippen LogP contribution in [-0.2, 0) is 0 Å². The zero-order valence-corrected chi connectivity index (χ0v) is 6.23. The van der Waals surface area contributed by atoms with Crippen molar-refractivity contribution in [1.29, 1.82) is 0 Å². The SMILES string of the molecule is O=Cc1ccc([B]C(=O)O)cc1. The van der Waals surface area contributed by atoms with E-state index < -0.39 is 5.87 Å². The van der Waals surface area contributed by atoms with Crippen LogP contribution in [0, 0.1) is 0 Å². The zero-order valence-electron chi connectivity index (χ0n) is 6.23. The lowest BCUT2D eigenvalue weighted by molar-refractivity contribution is 0.112. The molecule has 0 fully saturated rings. The summed E-state index contributed by atoms with van der Waals surface area (Å²) in [5.74, 6) is -0.992. The highest BCUT2D eigenvalue weighted by molar-refractivity contribution is 6.82. The monoisotopic (exact) mass is 161 g/mol. The second-order valence-electron chi connectivity index (χ2n) is 2.27. The minimum absolute atomic E-state index is 0.539. The Kier molecular flexibility index (Phi) is 2.64. The molecule has 59 valence electrons. The molecule has 1 aromatic carbocycles. The van der Waals surface area contributed by atoms with Gasteiger partial charge in [-0.3, -0.25) is 9.59 Å². The van der Waals surface area contributed by atoms with E-state index in [2.05, 4.69) is 0 Å². The van der Waals surface area contributed by atoms with Gasteiger partial charge in [-0.1, -0.05) is 29.7 Å². The first-order valence-corrected chi connectivity index (χ1v) is 3.35. The van der Waals surface area contributed by atoms with Crippen LogP contribution in [0.2, 0.25) is 0 Å². The van der Waals surface area contributed by atoms with Crippen LogP contribution in [0.3, 0.4) is 0 Å². The van der Waals surface area contributed by atoms with Gasteiger partial charge in [0.25, 0.3) is 7.28 Å². The van der Waals surface area contributed by atoms with Crippen molar-refractivity contribution in [2.45, 2.75) is 0 Å². The lowest BCUT2D eigenvalue weighted by Crippen LogP contribution is -2.21. The first-order chi connectivity index (χ1) is 5.72. The van der Waals surface area contributed by atoms with Gasteiger partial charge in [0.05, 0.1) is 0 Å². The minimum Gasteiger partial charge on any atom is -0.489 e. The third-order valence-electron chi connectivity index (χ3n) is 1.36. The Balaban J connectivity index is 2.77. The maximum atomic E-state index is 10.2. The average molecular weight is 161 g/mol. The topological polar surface area (TPSA) is 54.4 Å². The van der Waals surface area contributed by atoms with Crippen LogP contribution in [0.15, 0.2) is 24.3 Å². The molecule has 0 spiro atoms. The van der Waals surface area contributed by atoms with Gasteiger partial charge in [-0.2, -0.15) is 0 Å². The van der Waals surface area contributed by atoms with Gasteiger partial charge in [-0.05, 0) is 0 Å². The fourth-order valence-electron chi connectivity index (χ4n) is 0.813. The molecule has 3 nitrogen and oxygen atoms in total. The predicted octanol–water partition coefficient (Wildman–Crippen LogP) is 0.507. The fraction of sp³-hybridized carbons (Fsp3) is 0. The molecule has 1 N–H and O–H groups in total. The number of aldehydes is 1. The Morgan fingerprint density at radius 2 is 1.92 bits per heavy atom. The molecular formula is C8H6BO3. The second-order valence-corrected chi connectivity index (χ2v) is 2.27. The molecule has 0 unspecified atom stereocenters. The van der Waals surface area contributed by atoms with Gasteiger partial charge < -0.3 is 5.11 Å². The first-order valence-electron chi connectivity index (χ1n) is 3.35. The maximum Gasteiger partial charge on any atom is 0.299 e. The molecule has 0 bridgehead atoms. The lowest BCUT2D eigenvalue weighted by Gasteiger charge is -1.94. The van der Waals surface area contributed by atoms with Gasteiger partial charge in [-0.15, -0.1) is 0 Å². The van der Waals surface area contributed by atoms with E-state index in [0.29, 0.717) is 17.3 Å². The van der Waals surface area contributed by atoms with Crippen LogP contribution in [0.4, 0.5) is 4.79 Å². The van der Waals surface area contributed by atoms with Crippen LogP contribution in [0.25, 0.3) is 0 Å². The van der Waals surface area contributed by atoms with Crippen LogP contribution >= 0.6 is 0 Å². The quantitative estimate of drug-likeness (QED) is 0.518. The Morgan fingerprint density at radius 3 is 2.33 bits per heavy atom. The van der Waals surface area contributed by atoms with Crippen molar-refractivity contribution in [3.8, 4) is 0 Å². The van der Waals surface area contributed by atoms with Gasteiger partial charge in [0.2, 0.25) is 5.87 Å². The summed E-state index contributed by atoms with van der Waals surface area (Å²) in [5, 5.41) is 8.37. The molecule has 0 saturated heterocycles. The number of carbonyl (C=O) groups is 2. The highest BCUT2D eigenvalue weighted by Crippen LogP contribution is 1.91. The standard InChI is InChI=1S/C8H6BO3/c10-5-6-1-3-7(4-2-6)9-8(11)12/h1-5H,(H,11,12). The molecule has 0 aromatic heterocycles. The van der Waals surface area contributed by atoms with E-state index in [-0.39, 0.29) is 0 Å². The summed E-state index contributed by atoms with van der Waals surface area (Å²) < 4.78 is 0. The van der Waals surface area contributed by atoms with E-state index in [9.17, 15) is 9.59 Å². The van der Waals surface area contributed by atoms with E-state index in [1.807, 2.05) is 0 Å². The van der Waals surface area contributed by atoms with Crippen molar-refractivity contribution in [3.05, 3.63) is 29.8 Å². The smallest absolute Gasteiger partial charge is 0.299 e. The molecule has 1 aromatic rings. The van der Waals surface area contributed by atoms with Crippen molar-refractivity contribution in [2.75, 3.05) is 0 Å². The molecule has 4 heteroatoms. The number of carboxylic acid groups (broad SMARTS) is 1. The number of benzene rings is 1. The number of hydrogen-bond acceptors (Lipinski definition) is 2. The summed E-state index contributed by atoms with van der Waals surface area (Å²) in [6, 6.07) is 6.30. The Hall–Kier alpha value is -1.58. The van der Waals surface area contributed by atoms with Crippen LogP contribution in [-0.4, -0.2) is 24.5 Å². The van der Waals surface area contributed by atoms with Crippen molar-refractivity contribution >= 4 is 24.9 Å². The van der Waals surface area contributed by atoms with E-state index in [0.717, 1.165) is 7.28 Å². The maximum absolute atomic E-state index is 10.2. The summed E-state index contributed by atoms with van der Waals surface area (Å²) in [4.78, 5) is 20.4. The van der Waals surface area contributed by atoms with Gasteiger partial charge in [-0.25, -0.2) is 0 Å². The van der Waals surface area contributed by atoms with Crippen LogP contribution in [0.5, 0.6) is 0 Å². The summed E-state index contributed by atoms with van der Waals surface area (Å²) in [6.07, 6.45) is 0.713. The zero-order chi connectivity index (χ0) is 8.97. The van der Waals surface area contributed by atoms with Crippen molar-refractivity contribution in [3.63, 3.8) is 0 Å². The molecule has 0 aliphatic carbocycles. The van der Waals surface area contributed by atoms with Gasteiger partial charge in [0.1, 0.15) is 6.29 Å². The summed E-state index contributed by atoms with van der Waals surface area (Å²) >= 11 is 0. The van der Waals surface area contributed by atoms with E-state index in [1.165, 1.54) is 0 Å². The van der Waals surface area contributed by atoms with Gasteiger partial charge in [0.15, 0.2) is 0 Å². The molecule has 0 aliphatic heterocycles. The van der Waals surface area contributed by atoms with Crippen molar-refractivity contribution < 1.29 is 14.7 Å². The van der Waals surface area contributed by atoms with E-state index in [1.54, 1.807) is 24.3 Å². The number of hydrogen-bond donors (Lipinski definition) is 1. The Labute approximate surface area is 70.3 Å². The summed E-state index contributed by atoms with van der Waals surface area (Å²) in [7, 11) is 1.08. The minimum atomic E-state index is -0.992. The van der Waals surface area contributed by atoms with Crippen molar-refractivity contribution in [2.24, 2.45) is 0 Å². The normalized spacial score (nSPS) is 9.00. The molecule has 0 saturated carbocycles. The Bertz CT molecular complexity index is 292. The van der Waals surface area contributed by atoms with Gasteiger partial charge >= 0.3 is 0 Å². The third kappa shape index (κ3) is 2.23. The molecule has 12 heavy (non-hydrogen) atoms. The molecule has 0 amide bonds. The second kappa shape index (κ2) is 3.71. The van der Waals surface area contributed by atoms with E-state index in [4.69, 9.17) is 5.11 Å². The Morgan fingerprint density at radius 1 is 1.33 bits per heavy atom. The molecule has 0 heterocycles. The average Bonchev–Trinajstić information content (AvgIpc) is 2.05. The first kappa shape index (κ1) is 8.52. The highest BCUT2D eigenvalue weighted by atomic mass is 16.4. The third-order valence-corrected chi connectivity index (χ3v) is 1.36. The number of rotatable bonds is 3. The summed E-state index contributed by atoms with van der Waals surface area (Å²) in [6.45, 7) is 0. The molecule has 0 atom stereocenters. The molecular weight excluding hydrogens is 155 g/mol. The van der Waals surface area contributed by atoms with Gasteiger partial charge in [0, 0.05) is 5.56 Å². The van der Waals surface area contributed by atoms with E-state index >= 15 is 0 Å². The molecule has 1 rings (SSSR count). The molecule has 1 radical (unpaired) electrons. The molecule has 0 aliphatic rings.